The van der Waals surface area contributed by atoms with Gasteiger partial charge >= 0.3 is 5.97 Å². The van der Waals surface area contributed by atoms with Gasteiger partial charge in [-0.25, -0.2) is 4.79 Å². The van der Waals surface area contributed by atoms with Crippen LogP contribution in [-0.2, 0) is 9.53 Å². The molecule has 96 valence electrons. The summed E-state index contributed by atoms with van der Waals surface area (Å²) in [5.74, 6) is 0.484. The lowest BCUT2D eigenvalue weighted by Crippen LogP contribution is -2.51. The molecule has 2 aliphatic rings. The summed E-state index contributed by atoms with van der Waals surface area (Å²) in [6, 6.07) is 0.742. The molecule has 0 radical (unpaired) electrons. The van der Waals surface area contributed by atoms with E-state index in [4.69, 9.17) is 0 Å². The van der Waals surface area contributed by atoms with Crippen LogP contribution in [0.1, 0.15) is 19.3 Å². The number of rotatable bonds is 2. The van der Waals surface area contributed by atoms with Gasteiger partial charge in [-0.15, -0.1) is 0 Å². The SMILES string of the molecule is COC(=O)/C=C/N1CCC2C(CCCN2C)C1. The first-order valence-electron chi connectivity index (χ1n) is 6.41. The second-order valence-electron chi connectivity index (χ2n) is 5.07. The number of ether oxygens (including phenoxy) is 1. The second-order valence-corrected chi connectivity index (χ2v) is 5.07. The maximum atomic E-state index is 11.0. The predicted molar refractivity (Wildman–Crippen MR) is 66.5 cm³/mol. The quantitative estimate of drug-likeness (QED) is 0.532. The summed E-state index contributed by atoms with van der Waals surface area (Å²) < 4.78 is 4.60. The lowest BCUT2D eigenvalue weighted by atomic mass is 9.84. The van der Waals surface area contributed by atoms with Gasteiger partial charge < -0.3 is 14.5 Å². The van der Waals surface area contributed by atoms with Crippen molar-refractivity contribution in [3.8, 4) is 0 Å². The average Bonchev–Trinajstić information content (AvgIpc) is 2.36. The van der Waals surface area contributed by atoms with Crippen molar-refractivity contribution in [2.24, 2.45) is 5.92 Å². The van der Waals surface area contributed by atoms with Crippen molar-refractivity contribution in [1.82, 2.24) is 9.80 Å². The Morgan fingerprint density at radius 3 is 2.94 bits per heavy atom. The zero-order chi connectivity index (χ0) is 12.3. The summed E-state index contributed by atoms with van der Waals surface area (Å²) in [5.41, 5.74) is 0. The molecule has 0 aromatic carbocycles. The van der Waals surface area contributed by atoms with Crippen molar-refractivity contribution in [2.75, 3.05) is 33.8 Å². The van der Waals surface area contributed by atoms with Gasteiger partial charge in [0, 0.05) is 31.4 Å². The third kappa shape index (κ3) is 3.00. The van der Waals surface area contributed by atoms with E-state index in [1.807, 2.05) is 6.20 Å². The van der Waals surface area contributed by atoms with Crippen molar-refractivity contribution in [3.63, 3.8) is 0 Å². The maximum absolute atomic E-state index is 11.0. The Labute approximate surface area is 103 Å². The third-order valence-electron chi connectivity index (χ3n) is 4.00. The van der Waals surface area contributed by atoms with E-state index in [1.165, 1.54) is 39.0 Å². The van der Waals surface area contributed by atoms with Crippen LogP contribution in [-0.4, -0.2) is 55.6 Å². The molecule has 2 aliphatic heterocycles. The molecule has 2 rings (SSSR count). The lowest BCUT2D eigenvalue weighted by molar-refractivity contribution is -0.134. The van der Waals surface area contributed by atoms with E-state index >= 15 is 0 Å². The van der Waals surface area contributed by atoms with Crippen LogP contribution in [0.5, 0.6) is 0 Å². The molecule has 2 fully saturated rings. The van der Waals surface area contributed by atoms with Crippen molar-refractivity contribution < 1.29 is 9.53 Å². The van der Waals surface area contributed by atoms with Crippen molar-refractivity contribution in [3.05, 3.63) is 12.3 Å². The number of nitrogens with zero attached hydrogens (tertiary/aromatic N) is 2. The molecular formula is C13H22N2O2. The first kappa shape index (κ1) is 12.4. The standard InChI is InChI=1S/C13H22N2O2/c1-14-7-3-4-11-10-15(8-5-12(11)14)9-6-13(16)17-2/h6,9,11-12H,3-5,7-8,10H2,1-2H3/b9-6+. The zero-order valence-electron chi connectivity index (χ0n) is 10.8. The maximum Gasteiger partial charge on any atom is 0.331 e. The van der Waals surface area contributed by atoms with Crippen LogP contribution < -0.4 is 0 Å². The summed E-state index contributed by atoms with van der Waals surface area (Å²) in [7, 11) is 3.64. The molecule has 0 aliphatic carbocycles. The fraction of sp³-hybridized carbons (Fsp3) is 0.769. The number of esters is 1. The summed E-state index contributed by atoms with van der Waals surface area (Å²) in [6.45, 7) is 3.35. The minimum absolute atomic E-state index is 0.270. The molecule has 17 heavy (non-hydrogen) atoms. The lowest BCUT2D eigenvalue weighted by Gasteiger charge is -2.45. The molecule has 4 heteroatoms. The van der Waals surface area contributed by atoms with Gasteiger partial charge in [0.1, 0.15) is 0 Å². The molecule has 0 bridgehead atoms. The van der Waals surface area contributed by atoms with Gasteiger partial charge in [0.25, 0.3) is 0 Å². The predicted octanol–water partition coefficient (Wildman–Crippen LogP) is 1.09. The number of hydrogen-bond donors (Lipinski definition) is 0. The van der Waals surface area contributed by atoms with E-state index < -0.39 is 0 Å². The summed E-state index contributed by atoms with van der Waals surface area (Å²) in [4.78, 5) is 15.8. The van der Waals surface area contributed by atoms with E-state index in [0.29, 0.717) is 0 Å². The molecule has 0 spiro atoms. The number of carbonyl (C=O) groups is 1. The Balaban J connectivity index is 1.89. The van der Waals surface area contributed by atoms with Crippen LogP contribution in [0.2, 0.25) is 0 Å². The van der Waals surface area contributed by atoms with Crippen LogP contribution >= 0.6 is 0 Å². The monoisotopic (exact) mass is 238 g/mol. The normalized spacial score (nSPS) is 30.4. The van der Waals surface area contributed by atoms with E-state index in [1.54, 1.807) is 0 Å². The molecule has 0 aromatic heterocycles. The number of piperidine rings is 2. The fourth-order valence-corrected chi connectivity index (χ4v) is 3.05. The molecule has 2 saturated heterocycles. The highest BCUT2D eigenvalue weighted by atomic mass is 16.5. The van der Waals surface area contributed by atoms with Crippen molar-refractivity contribution >= 4 is 5.97 Å². The highest BCUT2D eigenvalue weighted by molar-refractivity contribution is 5.81. The van der Waals surface area contributed by atoms with E-state index in [2.05, 4.69) is 21.6 Å². The van der Waals surface area contributed by atoms with E-state index in [9.17, 15) is 4.79 Å². The second kappa shape index (κ2) is 5.54. The molecule has 0 N–H and O–H groups in total. The molecule has 0 amide bonds. The average molecular weight is 238 g/mol. The molecule has 2 heterocycles. The van der Waals surface area contributed by atoms with E-state index in [-0.39, 0.29) is 5.97 Å². The van der Waals surface area contributed by atoms with Crippen LogP contribution in [0.3, 0.4) is 0 Å². The summed E-state index contributed by atoms with van der Waals surface area (Å²) in [5, 5.41) is 0. The van der Waals surface area contributed by atoms with Gasteiger partial charge in [-0.1, -0.05) is 0 Å². The van der Waals surface area contributed by atoms with Crippen molar-refractivity contribution in [2.45, 2.75) is 25.3 Å². The highest BCUT2D eigenvalue weighted by Gasteiger charge is 2.33. The third-order valence-corrected chi connectivity index (χ3v) is 4.00. The van der Waals surface area contributed by atoms with Gasteiger partial charge in [0.05, 0.1) is 7.11 Å². The Hall–Kier alpha value is -1.03. The summed E-state index contributed by atoms with van der Waals surface area (Å²) in [6.07, 6.45) is 7.22. The molecule has 0 saturated carbocycles. The largest absolute Gasteiger partial charge is 0.466 e. The van der Waals surface area contributed by atoms with Gasteiger partial charge in [-0.05, 0) is 38.8 Å². The van der Waals surface area contributed by atoms with Gasteiger partial charge in [-0.3, -0.25) is 0 Å². The Bertz CT molecular complexity index is 304. The van der Waals surface area contributed by atoms with Crippen LogP contribution in [0.25, 0.3) is 0 Å². The molecule has 2 unspecified atom stereocenters. The number of methoxy groups -OCH3 is 1. The molecular weight excluding hydrogens is 216 g/mol. The Morgan fingerprint density at radius 2 is 2.18 bits per heavy atom. The van der Waals surface area contributed by atoms with E-state index in [0.717, 1.165) is 25.0 Å². The first-order valence-corrected chi connectivity index (χ1v) is 6.41. The highest BCUT2D eigenvalue weighted by Crippen LogP contribution is 2.29. The number of hydrogen-bond acceptors (Lipinski definition) is 4. The number of carbonyl (C=O) groups excluding carboxylic acids is 1. The van der Waals surface area contributed by atoms with Crippen LogP contribution in [0.4, 0.5) is 0 Å². The zero-order valence-corrected chi connectivity index (χ0v) is 10.8. The fourth-order valence-electron chi connectivity index (χ4n) is 3.05. The van der Waals surface area contributed by atoms with Crippen LogP contribution in [0.15, 0.2) is 12.3 Å². The number of fused-ring (bicyclic) bond motifs is 1. The van der Waals surface area contributed by atoms with Gasteiger partial charge in [-0.2, -0.15) is 0 Å². The topological polar surface area (TPSA) is 32.8 Å². The Morgan fingerprint density at radius 1 is 1.35 bits per heavy atom. The van der Waals surface area contributed by atoms with Gasteiger partial charge in [0.2, 0.25) is 0 Å². The van der Waals surface area contributed by atoms with Crippen LogP contribution in [0, 0.1) is 5.92 Å². The van der Waals surface area contributed by atoms with Gasteiger partial charge in [0.15, 0.2) is 0 Å². The molecule has 4 nitrogen and oxygen atoms in total. The smallest absolute Gasteiger partial charge is 0.331 e. The molecule has 0 aromatic rings. The minimum Gasteiger partial charge on any atom is -0.466 e. The first-order chi connectivity index (χ1) is 8.20. The Kier molecular flexibility index (Phi) is 4.05. The number of likely N-dealkylation sites (tertiary alicyclic amines) is 2. The molecule has 2 atom stereocenters. The minimum atomic E-state index is -0.270. The summed E-state index contributed by atoms with van der Waals surface area (Å²) >= 11 is 0. The van der Waals surface area contributed by atoms with Crippen molar-refractivity contribution in [1.29, 1.82) is 0 Å².